The van der Waals surface area contributed by atoms with Crippen LogP contribution < -0.4 is 14.8 Å². The van der Waals surface area contributed by atoms with Crippen LogP contribution in [0.3, 0.4) is 0 Å². The summed E-state index contributed by atoms with van der Waals surface area (Å²) in [7, 11) is 1.65. The molecular formula is C37H33N3O3. The molecule has 6 aromatic rings. The molecule has 1 N–H and O–H groups in total. The maximum Gasteiger partial charge on any atom is 0.221 e. The molecule has 0 aliphatic carbocycles. The summed E-state index contributed by atoms with van der Waals surface area (Å²) in [4.78, 5) is 18.7. The van der Waals surface area contributed by atoms with Gasteiger partial charge >= 0.3 is 0 Å². The molecule has 6 nitrogen and oxygen atoms in total. The number of amides is 1. The number of aromatic nitrogens is 2. The average molecular weight is 568 g/mol. The molecule has 1 atom stereocenters. The predicted molar refractivity (Wildman–Crippen MR) is 168 cm³/mol. The van der Waals surface area contributed by atoms with E-state index in [-0.39, 0.29) is 24.3 Å². The van der Waals surface area contributed by atoms with E-state index in [0.717, 1.165) is 33.7 Å². The third kappa shape index (κ3) is 6.44. The Hall–Kier alpha value is -5.36. The Morgan fingerprint density at radius 3 is 2.12 bits per heavy atom. The quantitative estimate of drug-likeness (QED) is 0.178. The molecule has 2 heterocycles. The highest BCUT2D eigenvalue weighted by Crippen LogP contribution is 2.33. The third-order valence-corrected chi connectivity index (χ3v) is 7.58. The minimum absolute atomic E-state index is 0.0723. The second kappa shape index (κ2) is 13.1. The first-order valence-electron chi connectivity index (χ1n) is 14.4. The summed E-state index contributed by atoms with van der Waals surface area (Å²) in [5, 5.41) is 3.31. The van der Waals surface area contributed by atoms with Crippen LogP contribution >= 0.6 is 0 Å². The van der Waals surface area contributed by atoms with Crippen LogP contribution in [0.25, 0.3) is 5.65 Å². The molecule has 0 fully saturated rings. The van der Waals surface area contributed by atoms with E-state index in [9.17, 15) is 4.79 Å². The van der Waals surface area contributed by atoms with Crippen LogP contribution in [0.1, 0.15) is 46.3 Å². The number of rotatable bonds is 11. The molecular weight excluding hydrogens is 534 g/mol. The zero-order chi connectivity index (χ0) is 29.4. The number of ether oxygens (including phenoxy) is 2. The van der Waals surface area contributed by atoms with Crippen molar-refractivity contribution in [2.45, 2.75) is 25.0 Å². The Morgan fingerprint density at radius 2 is 1.44 bits per heavy atom. The van der Waals surface area contributed by atoms with Gasteiger partial charge in [-0.3, -0.25) is 4.79 Å². The van der Waals surface area contributed by atoms with Crippen molar-refractivity contribution in [3.63, 3.8) is 0 Å². The number of nitrogens with zero attached hydrogens (tertiary/aromatic N) is 2. The van der Waals surface area contributed by atoms with Crippen molar-refractivity contribution in [1.82, 2.24) is 14.7 Å². The zero-order valence-corrected chi connectivity index (χ0v) is 24.0. The highest BCUT2D eigenvalue weighted by molar-refractivity contribution is 5.78. The van der Waals surface area contributed by atoms with Gasteiger partial charge in [-0.25, -0.2) is 4.98 Å². The summed E-state index contributed by atoms with van der Waals surface area (Å²) in [6.45, 7) is 0.435. The summed E-state index contributed by atoms with van der Waals surface area (Å²) >= 11 is 0. The molecule has 0 saturated carbocycles. The lowest BCUT2D eigenvalue weighted by Crippen LogP contribution is -2.30. The second-order valence-electron chi connectivity index (χ2n) is 10.4. The number of imidazole rings is 1. The van der Waals surface area contributed by atoms with Gasteiger partial charge in [0.1, 0.15) is 12.4 Å². The summed E-state index contributed by atoms with van der Waals surface area (Å²) in [5.41, 5.74) is 5.68. The van der Waals surface area contributed by atoms with Crippen LogP contribution in [0.5, 0.6) is 11.5 Å². The van der Waals surface area contributed by atoms with Gasteiger partial charge in [0.05, 0.1) is 18.8 Å². The molecule has 6 heteroatoms. The molecule has 0 saturated heterocycles. The summed E-state index contributed by atoms with van der Waals surface area (Å²) in [6, 6.07) is 41.6. The molecule has 214 valence electrons. The van der Waals surface area contributed by atoms with E-state index in [1.807, 2.05) is 144 Å². The third-order valence-electron chi connectivity index (χ3n) is 7.58. The first kappa shape index (κ1) is 27.8. The number of nitrogens with one attached hydrogen (secondary N) is 1. The van der Waals surface area contributed by atoms with Gasteiger partial charge in [-0.15, -0.1) is 0 Å². The molecule has 4 aromatic carbocycles. The zero-order valence-electron chi connectivity index (χ0n) is 24.0. The first-order valence-corrected chi connectivity index (χ1v) is 14.4. The van der Waals surface area contributed by atoms with Crippen LogP contribution in [0.15, 0.2) is 140 Å². The van der Waals surface area contributed by atoms with E-state index in [1.165, 1.54) is 0 Å². The van der Waals surface area contributed by atoms with E-state index in [1.54, 1.807) is 7.11 Å². The molecule has 2 aromatic heterocycles. The van der Waals surface area contributed by atoms with Crippen LogP contribution in [-0.4, -0.2) is 22.4 Å². The van der Waals surface area contributed by atoms with Gasteiger partial charge in [0, 0.05) is 24.7 Å². The van der Waals surface area contributed by atoms with Crippen molar-refractivity contribution in [2.24, 2.45) is 0 Å². The lowest BCUT2D eigenvalue weighted by Gasteiger charge is -2.23. The number of carbonyl (C=O) groups is 1. The van der Waals surface area contributed by atoms with E-state index >= 15 is 0 Å². The summed E-state index contributed by atoms with van der Waals surface area (Å²) in [5.74, 6) is 1.05. The van der Waals surface area contributed by atoms with Crippen LogP contribution in [0.4, 0.5) is 0 Å². The minimum Gasteiger partial charge on any atom is -0.497 e. The van der Waals surface area contributed by atoms with Crippen molar-refractivity contribution >= 4 is 11.6 Å². The normalized spacial score (nSPS) is 11.8. The van der Waals surface area contributed by atoms with E-state index in [2.05, 4.69) is 5.32 Å². The topological polar surface area (TPSA) is 64.9 Å². The van der Waals surface area contributed by atoms with Gasteiger partial charge in [0.2, 0.25) is 5.91 Å². The number of hydrogen-bond donors (Lipinski definition) is 1. The smallest absolute Gasteiger partial charge is 0.221 e. The summed E-state index contributed by atoms with van der Waals surface area (Å²) in [6.07, 6.45) is 4.02. The molecule has 0 bridgehead atoms. The molecule has 1 amide bonds. The SMILES string of the molecule is COc1cccc(C(CC(=O)NC(c2ccccc2)c2ccccc2)c2cnc3c(OCc4ccccc4)cccn23)c1. The van der Waals surface area contributed by atoms with Gasteiger partial charge < -0.3 is 19.2 Å². The highest BCUT2D eigenvalue weighted by Gasteiger charge is 2.25. The number of pyridine rings is 1. The fourth-order valence-electron chi connectivity index (χ4n) is 5.42. The first-order chi connectivity index (χ1) is 21.2. The van der Waals surface area contributed by atoms with Crippen LogP contribution in [0, 0.1) is 0 Å². The molecule has 1 unspecified atom stereocenters. The van der Waals surface area contributed by atoms with Crippen molar-refractivity contribution in [1.29, 1.82) is 0 Å². The Kier molecular flexibility index (Phi) is 8.46. The van der Waals surface area contributed by atoms with Gasteiger partial charge in [-0.05, 0) is 46.5 Å². The molecule has 6 rings (SSSR count). The molecule has 0 aliphatic rings. The van der Waals surface area contributed by atoms with Crippen molar-refractivity contribution in [2.75, 3.05) is 7.11 Å². The number of methoxy groups -OCH3 is 1. The lowest BCUT2D eigenvalue weighted by atomic mass is 9.91. The number of benzene rings is 4. The Morgan fingerprint density at radius 1 is 0.791 bits per heavy atom. The Balaban J connectivity index is 1.33. The number of hydrogen-bond acceptors (Lipinski definition) is 4. The Bertz CT molecular complexity index is 1750. The van der Waals surface area contributed by atoms with Crippen molar-refractivity contribution in [3.05, 3.63) is 168 Å². The van der Waals surface area contributed by atoms with Crippen molar-refractivity contribution in [3.8, 4) is 11.5 Å². The average Bonchev–Trinajstić information content (AvgIpc) is 3.51. The molecule has 43 heavy (non-hydrogen) atoms. The highest BCUT2D eigenvalue weighted by atomic mass is 16.5. The van der Waals surface area contributed by atoms with Gasteiger partial charge in [0.15, 0.2) is 11.4 Å². The molecule has 0 spiro atoms. The fraction of sp³-hybridized carbons (Fsp3) is 0.135. The van der Waals surface area contributed by atoms with E-state index in [0.29, 0.717) is 18.0 Å². The Labute approximate surface area is 251 Å². The lowest BCUT2D eigenvalue weighted by molar-refractivity contribution is -0.121. The molecule has 0 aliphatic heterocycles. The fourth-order valence-corrected chi connectivity index (χ4v) is 5.42. The predicted octanol–water partition coefficient (Wildman–Crippen LogP) is 7.35. The van der Waals surface area contributed by atoms with E-state index < -0.39 is 0 Å². The van der Waals surface area contributed by atoms with Crippen LogP contribution in [-0.2, 0) is 11.4 Å². The monoisotopic (exact) mass is 567 g/mol. The summed E-state index contributed by atoms with van der Waals surface area (Å²) < 4.78 is 13.8. The largest absolute Gasteiger partial charge is 0.497 e. The maximum absolute atomic E-state index is 13.9. The second-order valence-corrected chi connectivity index (χ2v) is 10.4. The van der Waals surface area contributed by atoms with E-state index in [4.69, 9.17) is 14.5 Å². The van der Waals surface area contributed by atoms with Crippen LogP contribution in [0.2, 0.25) is 0 Å². The number of carbonyl (C=O) groups excluding carboxylic acids is 1. The standard InChI is InChI=1S/C37H33N3O3/c1-42-31-20-11-19-30(23-31)32(24-35(41)39-36(28-15-7-3-8-16-28)29-17-9-4-10-18-29)33-25-38-37-34(21-12-22-40(33)37)43-26-27-13-5-2-6-14-27/h2-23,25,32,36H,24,26H2,1H3,(H,39,41). The minimum atomic E-state index is -0.290. The number of fused-ring (bicyclic) bond motifs is 1. The van der Waals surface area contributed by atoms with Gasteiger partial charge in [-0.2, -0.15) is 0 Å². The van der Waals surface area contributed by atoms with Gasteiger partial charge in [0.25, 0.3) is 0 Å². The van der Waals surface area contributed by atoms with Crippen molar-refractivity contribution < 1.29 is 14.3 Å². The molecule has 0 radical (unpaired) electrons. The van der Waals surface area contributed by atoms with Gasteiger partial charge in [-0.1, -0.05) is 103 Å². The maximum atomic E-state index is 13.9.